The monoisotopic (exact) mass is 258 g/mol. The molecule has 1 nitrogen and oxygen atoms in total. The van der Waals surface area contributed by atoms with Gasteiger partial charge in [-0.1, -0.05) is 54.1 Å². The van der Waals surface area contributed by atoms with Crippen molar-refractivity contribution in [2.75, 3.05) is 0 Å². The smallest absolute Gasteiger partial charge is 0.130 e. The molecule has 0 aliphatic carbocycles. The van der Waals surface area contributed by atoms with Crippen LogP contribution in [0.2, 0.25) is 5.02 Å². The number of halogens is 1. The van der Waals surface area contributed by atoms with Crippen LogP contribution in [0.1, 0.15) is 18.1 Å². The van der Waals surface area contributed by atoms with Crippen LogP contribution in [-0.2, 0) is 16.6 Å². The fourth-order valence-corrected chi connectivity index (χ4v) is 2.18. The Morgan fingerprint density at radius 1 is 1.06 bits per heavy atom. The molecular formula is C16H15ClO. The summed E-state index contributed by atoms with van der Waals surface area (Å²) in [6.45, 7) is 1.96. The van der Waals surface area contributed by atoms with E-state index in [1.165, 1.54) is 0 Å². The van der Waals surface area contributed by atoms with Crippen LogP contribution in [0.15, 0.2) is 54.6 Å². The summed E-state index contributed by atoms with van der Waals surface area (Å²) in [5.74, 6) is 0. The van der Waals surface area contributed by atoms with Gasteiger partial charge in [0, 0.05) is 5.02 Å². The molecule has 0 radical (unpaired) electrons. The van der Waals surface area contributed by atoms with E-state index in [1.54, 1.807) is 0 Å². The molecule has 0 saturated carbocycles. The van der Waals surface area contributed by atoms with E-state index in [0.717, 1.165) is 17.4 Å². The first-order valence-corrected chi connectivity index (χ1v) is 6.28. The van der Waals surface area contributed by atoms with Crippen LogP contribution in [0.5, 0.6) is 0 Å². The summed E-state index contributed by atoms with van der Waals surface area (Å²) in [6.07, 6.45) is 1.70. The molecule has 0 saturated heterocycles. The van der Waals surface area contributed by atoms with Gasteiger partial charge in [0.2, 0.25) is 0 Å². The van der Waals surface area contributed by atoms with Crippen LogP contribution in [0.4, 0.5) is 0 Å². The quantitative estimate of drug-likeness (QED) is 0.757. The van der Waals surface area contributed by atoms with Crippen molar-refractivity contribution in [1.82, 2.24) is 0 Å². The molecule has 0 fully saturated rings. The van der Waals surface area contributed by atoms with Crippen LogP contribution in [-0.4, -0.2) is 6.29 Å². The molecule has 0 aliphatic rings. The van der Waals surface area contributed by atoms with E-state index in [0.29, 0.717) is 11.4 Å². The second-order valence-electron chi connectivity index (χ2n) is 4.70. The molecule has 1 atom stereocenters. The van der Waals surface area contributed by atoms with Crippen LogP contribution >= 0.6 is 11.6 Å². The lowest BCUT2D eigenvalue weighted by Crippen LogP contribution is -2.26. The van der Waals surface area contributed by atoms with Gasteiger partial charge in [-0.3, -0.25) is 0 Å². The number of hydrogen-bond acceptors (Lipinski definition) is 1. The molecule has 18 heavy (non-hydrogen) atoms. The summed E-state index contributed by atoms with van der Waals surface area (Å²) in [7, 11) is 0. The zero-order chi connectivity index (χ0) is 13.0. The van der Waals surface area contributed by atoms with Crippen LogP contribution < -0.4 is 0 Å². The first-order chi connectivity index (χ1) is 8.64. The molecule has 0 amide bonds. The van der Waals surface area contributed by atoms with Crippen molar-refractivity contribution in [2.45, 2.75) is 18.8 Å². The SMILES string of the molecule is CC(C=O)(Cc1ccc(Cl)cc1)c1ccccc1. The van der Waals surface area contributed by atoms with Gasteiger partial charge in [-0.15, -0.1) is 0 Å². The summed E-state index contributed by atoms with van der Waals surface area (Å²) in [5, 5.41) is 0.714. The minimum absolute atomic E-state index is 0.491. The molecule has 0 aliphatic heterocycles. The third-order valence-electron chi connectivity index (χ3n) is 3.18. The molecule has 0 N–H and O–H groups in total. The fourth-order valence-electron chi connectivity index (χ4n) is 2.06. The summed E-state index contributed by atoms with van der Waals surface area (Å²) in [4.78, 5) is 11.5. The Bertz CT molecular complexity index is 519. The van der Waals surface area contributed by atoms with Gasteiger partial charge in [0.15, 0.2) is 0 Å². The lowest BCUT2D eigenvalue weighted by Gasteiger charge is -2.23. The second kappa shape index (κ2) is 5.36. The number of rotatable bonds is 4. The second-order valence-corrected chi connectivity index (χ2v) is 5.14. The lowest BCUT2D eigenvalue weighted by molar-refractivity contribution is -0.112. The van der Waals surface area contributed by atoms with E-state index in [4.69, 9.17) is 11.6 Å². The normalized spacial score (nSPS) is 13.9. The average molecular weight is 259 g/mol. The van der Waals surface area contributed by atoms with Crippen molar-refractivity contribution in [3.05, 3.63) is 70.7 Å². The van der Waals surface area contributed by atoms with Crippen molar-refractivity contribution in [1.29, 1.82) is 0 Å². The number of benzene rings is 2. The van der Waals surface area contributed by atoms with Gasteiger partial charge < -0.3 is 4.79 Å². The van der Waals surface area contributed by atoms with Crippen LogP contribution in [0, 0.1) is 0 Å². The summed E-state index contributed by atoms with van der Waals surface area (Å²) in [6, 6.07) is 17.5. The van der Waals surface area contributed by atoms with E-state index in [-0.39, 0.29) is 0 Å². The lowest BCUT2D eigenvalue weighted by atomic mass is 9.79. The maximum Gasteiger partial charge on any atom is 0.130 e. The molecular weight excluding hydrogens is 244 g/mol. The van der Waals surface area contributed by atoms with Crippen molar-refractivity contribution < 1.29 is 4.79 Å². The van der Waals surface area contributed by atoms with Crippen molar-refractivity contribution in [2.24, 2.45) is 0 Å². The molecule has 0 aromatic heterocycles. The van der Waals surface area contributed by atoms with Crippen LogP contribution in [0.3, 0.4) is 0 Å². The van der Waals surface area contributed by atoms with E-state index in [1.807, 2.05) is 61.5 Å². The Hall–Kier alpha value is -1.60. The molecule has 1 unspecified atom stereocenters. The van der Waals surface area contributed by atoms with Crippen LogP contribution in [0.25, 0.3) is 0 Å². The average Bonchev–Trinajstić information content (AvgIpc) is 2.42. The Balaban J connectivity index is 2.29. The van der Waals surface area contributed by atoms with Gasteiger partial charge in [-0.05, 0) is 36.6 Å². The fraction of sp³-hybridized carbons (Fsp3) is 0.188. The third-order valence-corrected chi connectivity index (χ3v) is 3.43. The maximum absolute atomic E-state index is 11.5. The number of carbonyl (C=O) groups excluding carboxylic acids is 1. The first-order valence-electron chi connectivity index (χ1n) is 5.90. The largest absolute Gasteiger partial charge is 0.302 e. The standard InChI is InChI=1S/C16H15ClO/c1-16(12-18,14-5-3-2-4-6-14)11-13-7-9-15(17)10-8-13/h2-10,12H,11H2,1H3. The number of hydrogen-bond donors (Lipinski definition) is 0. The van der Waals surface area contributed by atoms with Crippen molar-refractivity contribution in [3.8, 4) is 0 Å². The Kier molecular flexibility index (Phi) is 3.83. The summed E-state index contributed by atoms with van der Waals surface area (Å²) < 4.78 is 0. The summed E-state index contributed by atoms with van der Waals surface area (Å²) >= 11 is 5.86. The van der Waals surface area contributed by atoms with E-state index < -0.39 is 5.41 Å². The molecule has 0 heterocycles. The minimum Gasteiger partial charge on any atom is -0.302 e. The highest BCUT2D eigenvalue weighted by molar-refractivity contribution is 6.30. The first kappa shape index (κ1) is 12.8. The zero-order valence-corrected chi connectivity index (χ0v) is 11.0. The predicted molar refractivity (Wildman–Crippen MR) is 75.0 cm³/mol. The van der Waals surface area contributed by atoms with Gasteiger partial charge >= 0.3 is 0 Å². The molecule has 0 spiro atoms. The highest BCUT2D eigenvalue weighted by Gasteiger charge is 2.26. The van der Waals surface area contributed by atoms with E-state index in [2.05, 4.69) is 0 Å². The molecule has 2 aromatic carbocycles. The molecule has 0 bridgehead atoms. The van der Waals surface area contributed by atoms with Gasteiger partial charge in [0.1, 0.15) is 6.29 Å². The number of carbonyl (C=O) groups is 1. The van der Waals surface area contributed by atoms with Gasteiger partial charge in [-0.2, -0.15) is 0 Å². The van der Waals surface area contributed by atoms with Gasteiger partial charge in [0.05, 0.1) is 5.41 Å². The van der Waals surface area contributed by atoms with Crippen molar-refractivity contribution >= 4 is 17.9 Å². The molecule has 2 heteroatoms. The summed E-state index contributed by atoms with van der Waals surface area (Å²) in [5.41, 5.74) is 1.66. The minimum atomic E-state index is -0.491. The highest BCUT2D eigenvalue weighted by Crippen LogP contribution is 2.26. The Morgan fingerprint density at radius 2 is 1.67 bits per heavy atom. The Morgan fingerprint density at radius 3 is 2.22 bits per heavy atom. The molecule has 2 aromatic rings. The maximum atomic E-state index is 11.5. The number of aldehydes is 1. The van der Waals surface area contributed by atoms with Gasteiger partial charge in [-0.25, -0.2) is 0 Å². The van der Waals surface area contributed by atoms with E-state index >= 15 is 0 Å². The third kappa shape index (κ3) is 2.80. The predicted octanol–water partition coefficient (Wildman–Crippen LogP) is 4.04. The van der Waals surface area contributed by atoms with Gasteiger partial charge in [0.25, 0.3) is 0 Å². The molecule has 2 rings (SSSR count). The topological polar surface area (TPSA) is 17.1 Å². The van der Waals surface area contributed by atoms with E-state index in [9.17, 15) is 4.79 Å². The zero-order valence-electron chi connectivity index (χ0n) is 10.3. The van der Waals surface area contributed by atoms with Crippen molar-refractivity contribution in [3.63, 3.8) is 0 Å². The Labute approximate surface area is 112 Å². The molecule has 92 valence electrons. The highest BCUT2D eigenvalue weighted by atomic mass is 35.5.